The zero-order valence-corrected chi connectivity index (χ0v) is 12.9. The molecule has 1 aliphatic heterocycles. The van der Waals surface area contributed by atoms with Crippen LogP contribution in [0.1, 0.15) is 12.0 Å². The number of ether oxygens (including phenoxy) is 1. The Bertz CT molecular complexity index is 629. The van der Waals surface area contributed by atoms with Crippen LogP contribution >= 0.6 is 11.6 Å². The summed E-state index contributed by atoms with van der Waals surface area (Å²) in [6.45, 7) is 2.19. The second-order valence-electron chi connectivity index (χ2n) is 4.78. The maximum absolute atomic E-state index is 12.6. The maximum atomic E-state index is 12.6. The molecule has 1 atom stereocenters. The summed E-state index contributed by atoms with van der Waals surface area (Å²) in [4.78, 5) is 11.7. The van der Waals surface area contributed by atoms with Gasteiger partial charge in [0.15, 0.2) is 0 Å². The molecule has 1 unspecified atom stereocenters. The molecule has 0 aromatic heterocycles. The van der Waals surface area contributed by atoms with Crippen LogP contribution in [0, 0.1) is 12.8 Å². The van der Waals surface area contributed by atoms with Gasteiger partial charge in [0.25, 0.3) is 0 Å². The minimum Gasteiger partial charge on any atom is -0.469 e. The Morgan fingerprint density at radius 1 is 1.45 bits per heavy atom. The Balaban J connectivity index is 2.28. The van der Waals surface area contributed by atoms with E-state index in [0.717, 1.165) is 0 Å². The van der Waals surface area contributed by atoms with Gasteiger partial charge in [-0.3, -0.25) is 4.79 Å². The van der Waals surface area contributed by atoms with Crippen LogP contribution in [0.5, 0.6) is 0 Å². The lowest BCUT2D eigenvalue weighted by molar-refractivity contribution is -0.144. The smallest absolute Gasteiger partial charge is 0.310 e. The fourth-order valence-corrected chi connectivity index (χ4v) is 4.28. The molecule has 0 amide bonds. The molecular weight excluding hydrogens is 302 g/mol. The molecule has 0 saturated carbocycles. The van der Waals surface area contributed by atoms with Gasteiger partial charge in [-0.05, 0) is 31.0 Å². The lowest BCUT2D eigenvalue weighted by Gasteiger charge is -2.17. The summed E-state index contributed by atoms with van der Waals surface area (Å²) in [6.07, 6.45) is 0.478. The van der Waals surface area contributed by atoms with Gasteiger partial charge in [0, 0.05) is 18.1 Å². The monoisotopic (exact) mass is 317 g/mol. The normalized spacial score (nSPS) is 20.1. The van der Waals surface area contributed by atoms with Gasteiger partial charge in [-0.25, -0.2) is 8.42 Å². The predicted octanol–water partition coefficient (Wildman–Crippen LogP) is 1.83. The Kier molecular flexibility index (Phi) is 4.36. The van der Waals surface area contributed by atoms with Crippen molar-refractivity contribution in [1.29, 1.82) is 0 Å². The van der Waals surface area contributed by atoms with Gasteiger partial charge >= 0.3 is 5.97 Å². The largest absolute Gasteiger partial charge is 0.469 e. The first-order chi connectivity index (χ1) is 9.36. The highest BCUT2D eigenvalue weighted by Gasteiger charge is 2.36. The molecule has 0 radical (unpaired) electrons. The predicted molar refractivity (Wildman–Crippen MR) is 75.1 cm³/mol. The summed E-state index contributed by atoms with van der Waals surface area (Å²) >= 11 is 5.87. The van der Waals surface area contributed by atoms with Gasteiger partial charge in [0.2, 0.25) is 10.0 Å². The van der Waals surface area contributed by atoms with Crippen molar-refractivity contribution in [3.05, 3.63) is 28.8 Å². The van der Waals surface area contributed by atoms with E-state index in [0.29, 0.717) is 23.6 Å². The number of rotatable bonds is 3. The molecule has 110 valence electrons. The fraction of sp³-hybridized carbons (Fsp3) is 0.462. The van der Waals surface area contributed by atoms with E-state index in [2.05, 4.69) is 4.74 Å². The van der Waals surface area contributed by atoms with E-state index in [-0.39, 0.29) is 17.4 Å². The first-order valence-corrected chi connectivity index (χ1v) is 8.02. The highest BCUT2D eigenvalue weighted by molar-refractivity contribution is 7.89. The molecule has 0 spiro atoms. The van der Waals surface area contributed by atoms with Gasteiger partial charge in [-0.15, -0.1) is 0 Å². The van der Waals surface area contributed by atoms with Crippen LogP contribution in [0.15, 0.2) is 23.1 Å². The third-order valence-corrected chi connectivity index (χ3v) is 5.70. The number of carbonyl (C=O) groups is 1. The molecule has 1 aliphatic rings. The lowest BCUT2D eigenvalue weighted by Crippen LogP contribution is -2.30. The van der Waals surface area contributed by atoms with Crippen LogP contribution in [0.25, 0.3) is 0 Å². The van der Waals surface area contributed by atoms with Gasteiger partial charge in [0.05, 0.1) is 17.9 Å². The van der Waals surface area contributed by atoms with Gasteiger partial charge in [-0.1, -0.05) is 17.7 Å². The number of aryl methyl sites for hydroxylation is 1. The van der Waals surface area contributed by atoms with Crippen molar-refractivity contribution in [2.24, 2.45) is 5.92 Å². The van der Waals surface area contributed by atoms with E-state index in [1.165, 1.54) is 17.5 Å². The first-order valence-electron chi connectivity index (χ1n) is 6.20. The summed E-state index contributed by atoms with van der Waals surface area (Å²) in [6, 6.07) is 4.76. The molecule has 1 aromatic carbocycles. The van der Waals surface area contributed by atoms with E-state index >= 15 is 0 Å². The average molecular weight is 318 g/mol. The maximum Gasteiger partial charge on any atom is 0.310 e. The molecule has 0 aliphatic carbocycles. The van der Waals surface area contributed by atoms with Crippen LogP contribution in [-0.2, 0) is 19.6 Å². The summed E-state index contributed by atoms with van der Waals surface area (Å²) in [5, 5.41) is 0.373. The van der Waals surface area contributed by atoms with Crippen LogP contribution < -0.4 is 0 Å². The number of carbonyl (C=O) groups excluding carboxylic acids is 1. The van der Waals surface area contributed by atoms with Crippen molar-refractivity contribution < 1.29 is 17.9 Å². The molecule has 0 N–H and O–H groups in total. The van der Waals surface area contributed by atoms with E-state index < -0.39 is 15.9 Å². The zero-order chi connectivity index (χ0) is 14.9. The van der Waals surface area contributed by atoms with Crippen LogP contribution in [0.2, 0.25) is 5.02 Å². The van der Waals surface area contributed by atoms with Crippen molar-refractivity contribution in [2.75, 3.05) is 20.2 Å². The standard InChI is InChI=1S/C13H16ClNO4S/c1-9-3-4-11(14)7-12(9)20(17,18)15-6-5-10(8-15)13(16)19-2/h3-4,7,10H,5-6,8H2,1-2H3. The van der Waals surface area contributed by atoms with Crippen molar-refractivity contribution >= 4 is 27.6 Å². The molecular formula is C13H16ClNO4S. The van der Waals surface area contributed by atoms with E-state index in [1.54, 1.807) is 19.1 Å². The average Bonchev–Trinajstić information content (AvgIpc) is 2.91. The molecule has 1 aromatic rings. The molecule has 1 fully saturated rings. The first kappa shape index (κ1) is 15.3. The van der Waals surface area contributed by atoms with E-state index in [9.17, 15) is 13.2 Å². The number of benzene rings is 1. The van der Waals surface area contributed by atoms with Crippen molar-refractivity contribution in [1.82, 2.24) is 4.31 Å². The van der Waals surface area contributed by atoms with Gasteiger partial charge in [0.1, 0.15) is 0 Å². The van der Waals surface area contributed by atoms with Crippen molar-refractivity contribution in [3.63, 3.8) is 0 Å². The lowest BCUT2D eigenvalue weighted by atomic mass is 10.1. The Morgan fingerprint density at radius 3 is 2.80 bits per heavy atom. The number of esters is 1. The summed E-state index contributed by atoms with van der Waals surface area (Å²) in [5.74, 6) is -0.764. The zero-order valence-electron chi connectivity index (χ0n) is 11.3. The van der Waals surface area contributed by atoms with Crippen LogP contribution in [-0.4, -0.2) is 38.9 Å². The highest BCUT2D eigenvalue weighted by atomic mass is 35.5. The third kappa shape index (κ3) is 2.82. The minimum atomic E-state index is -3.63. The molecule has 1 saturated heterocycles. The third-order valence-electron chi connectivity index (χ3n) is 3.45. The summed E-state index contributed by atoms with van der Waals surface area (Å²) in [7, 11) is -2.32. The Hall–Kier alpha value is -1.11. The second-order valence-corrected chi connectivity index (χ2v) is 7.12. The molecule has 7 heteroatoms. The summed E-state index contributed by atoms with van der Waals surface area (Å²) in [5.41, 5.74) is 0.635. The topological polar surface area (TPSA) is 63.7 Å². The second kappa shape index (κ2) is 5.71. The number of nitrogens with zero attached hydrogens (tertiary/aromatic N) is 1. The number of hydrogen-bond donors (Lipinski definition) is 0. The van der Waals surface area contributed by atoms with Crippen molar-refractivity contribution in [2.45, 2.75) is 18.2 Å². The van der Waals surface area contributed by atoms with E-state index in [4.69, 9.17) is 11.6 Å². The minimum absolute atomic E-state index is 0.154. The van der Waals surface area contributed by atoms with E-state index in [1.807, 2.05) is 0 Å². The van der Waals surface area contributed by atoms with Crippen LogP contribution in [0.4, 0.5) is 0 Å². The quantitative estimate of drug-likeness (QED) is 0.798. The number of hydrogen-bond acceptors (Lipinski definition) is 4. The number of halogens is 1. The van der Waals surface area contributed by atoms with Crippen LogP contribution in [0.3, 0.4) is 0 Å². The molecule has 1 heterocycles. The summed E-state index contributed by atoms with van der Waals surface area (Å²) < 4.78 is 31.1. The highest BCUT2D eigenvalue weighted by Crippen LogP contribution is 2.28. The van der Waals surface area contributed by atoms with Gasteiger partial charge in [-0.2, -0.15) is 4.31 Å². The molecule has 20 heavy (non-hydrogen) atoms. The van der Waals surface area contributed by atoms with Gasteiger partial charge < -0.3 is 4.74 Å². The molecule has 0 bridgehead atoms. The van der Waals surface area contributed by atoms with Crippen molar-refractivity contribution in [3.8, 4) is 0 Å². The SMILES string of the molecule is COC(=O)C1CCN(S(=O)(=O)c2cc(Cl)ccc2C)C1. The fourth-order valence-electron chi connectivity index (χ4n) is 2.30. The molecule has 5 nitrogen and oxygen atoms in total. The molecule has 2 rings (SSSR count). The Labute approximate surface area is 123 Å². The number of methoxy groups -OCH3 is 1. The number of sulfonamides is 1. The Morgan fingerprint density at radius 2 is 2.15 bits per heavy atom.